The minimum atomic E-state index is 0.948. The Labute approximate surface area is 254 Å². The predicted molar refractivity (Wildman–Crippen MR) is 185 cm³/mol. The van der Waals surface area contributed by atoms with E-state index in [0.717, 1.165) is 62.8 Å². The molecule has 5 rings (SSSR count). The lowest BCUT2D eigenvalue weighted by Crippen LogP contribution is -2.26. The van der Waals surface area contributed by atoms with Crippen LogP contribution in [-0.2, 0) is 12.8 Å². The van der Waals surface area contributed by atoms with Gasteiger partial charge in [0.1, 0.15) is 11.6 Å². The van der Waals surface area contributed by atoms with Crippen molar-refractivity contribution in [2.45, 2.75) is 109 Å². The molecule has 0 aliphatic heterocycles. The highest BCUT2D eigenvalue weighted by molar-refractivity contribution is 5.45. The van der Waals surface area contributed by atoms with Gasteiger partial charge >= 0.3 is 0 Å². The number of hydrogen-bond acceptors (Lipinski definition) is 2. The number of nitrogens with zero attached hydrogens (tertiary/aromatic N) is 4. The average molecular weight is 567 g/mol. The normalized spacial score (nSPS) is 11.8. The summed E-state index contributed by atoms with van der Waals surface area (Å²) in [5, 5.41) is 4.14. The molecular formula is C38H54N4. The Kier molecular flexibility index (Phi) is 11.9. The van der Waals surface area contributed by atoms with Crippen LogP contribution in [0.5, 0.6) is 0 Å². The molecule has 0 atom stereocenters. The molecule has 42 heavy (non-hydrogen) atoms. The van der Waals surface area contributed by atoms with Gasteiger partial charge in [-0.25, -0.2) is 9.97 Å². The molecular weight excluding hydrogens is 512 g/mol. The lowest BCUT2D eigenvalue weighted by Gasteiger charge is -2.11. The molecule has 0 aromatic carbocycles. The minimum Gasteiger partial charge on any atom is -0.295 e. The first-order valence-corrected chi connectivity index (χ1v) is 15.5. The van der Waals surface area contributed by atoms with Crippen molar-refractivity contribution in [2.75, 3.05) is 0 Å². The van der Waals surface area contributed by atoms with Crippen LogP contribution in [0.4, 0.5) is 0 Å². The standard InChI is InChI=1S/C18H22N2.C16H20N2.2C2H6/c1-11-10-12(2)18(19-13(11)3)20-14(4)16-8-6-7-9-17(16)15(20)5;1-9-8-10(2)16(17-13(9)5)18-14(6)11(3)12(4)15(18)7;2*1-2/h10H,4-9H2,1-3H3;8H,6-7H2,1-5H3;2*1-2H3. The number of rotatable bonds is 2. The van der Waals surface area contributed by atoms with E-state index in [0.29, 0.717) is 0 Å². The maximum Gasteiger partial charge on any atom is 0.140 e. The third kappa shape index (κ3) is 6.53. The van der Waals surface area contributed by atoms with E-state index >= 15 is 0 Å². The van der Waals surface area contributed by atoms with Crippen molar-refractivity contribution in [2.24, 2.45) is 0 Å². The highest BCUT2D eigenvalue weighted by atomic mass is 15.1. The van der Waals surface area contributed by atoms with E-state index in [9.17, 15) is 0 Å². The van der Waals surface area contributed by atoms with E-state index in [1.54, 1.807) is 0 Å². The third-order valence-electron chi connectivity index (χ3n) is 8.36. The van der Waals surface area contributed by atoms with Gasteiger partial charge in [-0.3, -0.25) is 9.13 Å². The van der Waals surface area contributed by atoms with Gasteiger partial charge in [0, 0.05) is 32.8 Å². The van der Waals surface area contributed by atoms with Crippen molar-refractivity contribution in [3.63, 3.8) is 0 Å². The van der Waals surface area contributed by atoms with Gasteiger partial charge in [-0.2, -0.15) is 0 Å². The minimum absolute atomic E-state index is 0.948. The topological polar surface area (TPSA) is 35.6 Å². The lowest BCUT2D eigenvalue weighted by molar-refractivity contribution is 0.686. The van der Waals surface area contributed by atoms with Gasteiger partial charge < -0.3 is 0 Å². The van der Waals surface area contributed by atoms with Crippen LogP contribution in [0.2, 0.25) is 0 Å². The third-order valence-corrected chi connectivity index (χ3v) is 8.36. The summed E-state index contributed by atoms with van der Waals surface area (Å²) < 4.78 is 4.23. The summed E-state index contributed by atoms with van der Waals surface area (Å²) in [6, 6.07) is 4.37. The maximum absolute atomic E-state index is 4.79. The van der Waals surface area contributed by atoms with E-state index in [4.69, 9.17) is 9.97 Å². The van der Waals surface area contributed by atoms with Gasteiger partial charge in [0.2, 0.25) is 0 Å². The van der Waals surface area contributed by atoms with E-state index in [1.165, 1.54) is 51.8 Å². The Bertz CT molecular complexity index is 1690. The van der Waals surface area contributed by atoms with Crippen LogP contribution in [0, 0.1) is 55.4 Å². The summed E-state index contributed by atoms with van der Waals surface area (Å²) in [5.74, 6) is 1.95. The monoisotopic (exact) mass is 566 g/mol. The molecule has 4 heteroatoms. The van der Waals surface area contributed by atoms with Crippen LogP contribution in [0.1, 0.15) is 96.4 Å². The van der Waals surface area contributed by atoms with Crippen LogP contribution >= 0.6 is 0 Å². The quantitative estimate of drug-likeness (QED) is 0.268. The van der Waals surface area contributed by atoms with Gasteiger partial charge in [-0.05, 0) is 126 Å². The van der Waals surface area contributed by atoms with Crippen LogP contribution in [-0.4, -0.2) is 19.1 Å². The average Bonchev–Trinajstić information content (AvgIpc) is 3.34. The molecule has 0 N–H and O–H groups in total. The molecule has 0 spiro atoms. The van der Waals surface area contributed by atoms with E-state index in [2.05, 4.69) is 96.0 Å². The second kappa shape index (κ2) is 14.5. The molecule has 4 heterocycles. The first-order valence-electron chi connectivity index (χ1n) is 15.5. The largest absolute Gasteiger partial charge is 0.295 e. The van der Waals surface area contributed by atoms with Gasteiger partial charge in [0.15, 0.2) is 0 Å². The molecule has 0 unspecified atom stereocenters. The maximum atomic E-state index is 4.79. The Balaban J connectivity index is 0.000000264. The number of aromatic nitrogens is 4. The molecule has 1 aliphatic rings. The van der Waals surface area contributed by atoms with Gasteiger partial charge in [-0.15, -0.1) is 0 Å². The highest BCUT2D eigenvalue weighted by Crippen LogP contribution is 2.19. The highest BCUT2D eigenvalue weighted by Gasteiger charge is 2.18. The van der Waals surface area contributed by atoms with Crippen LogP contribution in [0.15, 0.2) is 12.1 Å². The van der Waals surface area contributed by atoms with Crippen LogP contribution in [0.25, 0.3) is 38.0 Å². The number of aryl methyl sites for hydroxylation is 6. The Hall–Kier alpha value is -3.66. The van der Waals surface area contributed by atoms with Gasteiger partial charge in [0.25, 0.3) is 0 Å². The van der Waals surface area contributed by atoms with Crippen LogP contribution < -0.4 is 21.4 Å². The molecule has 0 saturated heterocycles. The molecule has 0 radical (unpaired) electrons. The van der Waals surface area contributed by atoms with Gasteiger partial charge in [0.05, 0.1) is 0 Å². The second-order valence-electron chi connectivity index (χ2n) is 10.9. The van der Waals surface area contributed by atoms with E-state index in [-0.39, 0.29) is 0 Å². The van der Waals surface area contributed by atoms with Gasteiger partial charge in [-0.1, -0.05) is 66.1 Å². The van der Waals surface area contributed by atoms with E-state index in [1.807, 2.05) is 34.6 Å². The fraction of sp³-hybridized carbons (Fsp3) is 0.421. The molecule has 1 aliphatic carbocycles. The molecule has 226 valence electrons. The van der Waals surface area contributed by atoms with Crippen molar-refractivity contribution in [3.8, 4) is 11.6 Å². The van der Waals surface area contributed by atoms with Crippen LogP contribution in [0.3, 0.4) is 0 Å². The summed E-state index contributed by atoms with van der Waals surface area (Å²) in [5.41, 5.74) is 12.1. The Morgan fingerprint density at radius 3 is 1.14 bits per heavy atom. The summed E-state index contributed by atoms with van der Waals surface area (Å²) in [7, 11) is 0. The second-order valence-corrected chi connectivity index (χ2v) is 10.9. The summed E-state index contributed by atoms with van der Waals surface area (Å²) in [6.45, 7) is 41.6. The van der Waals surface area contributed by atoms with Crippen molar-refractivity contribution < 1.29 is 0 Å². The molecule has 4 aromatic rings. The smallest absolute Gasteiger partial charge is 0.140 e. The molecule has 0 saturated carbocycles. The molecule has 0 fully saturated rings. The zero-order valence-corrected chi connectivity index (χ0v) is 28.6. The first kappa shape index (κ1) is 34.5. The fourth-order valence-corrected chi connectivity index (χ4v) is 5.53. The van der Waals surface area contributed by atoms with Crippen molar-refractivity contribution in [1.29, 1.82) is 0 Å². The SMILES string of the molecule is C=c1c(C)c(C)c(=C)n1-c1nc(C)c(C)cc1C.C=c1c2c(c(=C)n1-c1nc(C)c(C)cc1C)CCCC2.CC.CC. The lowest BCUT2D eigenvalue weighted by atomic mass is 9.95. The van der Waals surface area contributed by atoms with Crippen molar-refractivity contribution in [1.82, 2.24) is 19.1 Å². The first-order chi connectivity index (χ1) is 19.8. The molecule has 0 bridgehead atoms. The number of pyridine rings is 2. The summed E-state index contributed by atoms with van der Waals surface area (Å²) in [4.78, 5) is 9.49. The fourth-order valence-electron chi connectivity index (χ4n) is 5.53. The zero-order valence-electron chi connectivity index (χ0n) is 28.6. The number of hydrogen-bond donors (Lipinski definition) is 0. The zero-order chi connectivity index (χ0) is 32.0. The van der Waals surface area contributed by atoms with E-state index < -0.39 is 0 Å². The molecule has 4 aromatic heterocycles. The summed E-state index contributed by atoms with van der Waals surface area (Å²) in [6.07, 6.45) is 4.79. The predicted octanol–water partition coefficient (Wildman–Crippen LogP) is 6.78. The Morgan fingerprint density at radius 1 is 0.500 bits per heavy atom. The molecule has 4 nitrogen and oxygen atoms in total. The Morgan fingerprint density at radius 2 is 0.810 bits per heavy atom. The molecule has 0 amide bonds. The van der Waals surface area contributed by atoms with Crippen molar-refractivity contribution in [3.05, 3.63) is 89.4 Å². The summed E-state index contributed by atoms with van der Waals surface area (Å²) >= 11 is 0. The number of fused-ring (bicyclic) bond motifs is 1. The van der Waals surface area contributed by atoms with Crippen molar-refractivity contribution >= 4 is 26.3 Å².